The monoisotopic (exact) mass is 452 g/mol. The van der Waals surface area contributed by atoms with Crippen molar-refractivity contribution in [3.05, 3.63) is 65.0 Å². The van der Waals surface area contributed by atoms with E-state index < -0.39 is 18.0 Å². The summed E-state index contributed by atoms with van der Waals surface area (Å²) >= 11 is 3.41. The van der Waals surface area contributed by atoms with Gasteiger partial charge in [0.1, 0.15) is 6.54 Å². The number of anilines is 1. The van der Waals surface area contributed by atoms with Crippen LogP contribution in [0.4, 0.5) is 5.69 Å². The van der Waals surface area contributed by atoms with Crippen LogP contribution in [-0.4, -0.2) is 39.0 Å². The second-order valence-corrected chi connectivity index (χ2v) is 7.48. The van der Waals surface area contributed by atoms with E-state index in [1.807, 2.05) is 30.3 Å². The van der Waals surface area contributed by atoms with Crippen molar-refractivity contribution >= 4 is 33.4 Å². The third kappa shape index (κ3) is 3.01. The normalized spacial score (nSPS) is 20.6. The number of benzene rings is 2. The molecule has 2 atom stereocenters. The van der Waals surface area contributed by atoms with Gasteiger partial charge in [-0.2, -0.15) is 10.1 Å². The number of rotatable bonds is 4. The molecule has 5 rings (SSSR count). The minimum atomic E-state index is -0.866. The number of hydrogen-bond donors (Lipinski definition) is 0. The predicted molar refractivity (Wildman–Crippen MR) is 104 cm³/mol. The predicted octanol–water partition coefficient (Wildman–Crippen LogP) is 2.99. The van der Waals surface area contributed by atoms with E-state index >= 15 is 0 Å². The van der Waals surface area contributed by atoms with Crippen molar-refractivity contribution in [1.82, 2.24) is 15.1 Å². The molecule has 2 aliphatic heterocycles. The van der Waals surface area contributed by atoms with Gasteiger partial charge in [0.15, 0.2) is 12.1 Å². The SMILES string of the molecule is O=C1[C@H]2N=NN(Cc3nc(-c4cccc(Br)c4)no3)[C@H]2C(=O)N1c1ccccc1. The van der Waals surface area contributed by atoms with Crippen molar-refractivity contribution in [1.29, 1.82) is 0 Å². The summed E-state index contributed by atoms with van der Waals surface area (Å²) in [6.07, 6.45) is 0. The Morgan fingerprint density at radius 2 is 1.86 bits per heavy atom. The Hall–Kier alpha value is -3.40. The Morgan fingerprint density at radius 1 is 1.03 bits per heavy atom. The van der Waals surface area contributed by atoms with Gasteiger partial charge in [-0.15, -0.1) is 0 Å². The first kappa shape index (κ1) is 17.7. The van der Waals surface area contributed by atoms with Gasteiger partial charge < -0.3 is 4.52 Å². The van der Waals surface area contributed by atoms with Crippen molar-refractivity contribution < 1.29 is 14.1 Å². The molecule has 1 aromatic heterocycles. The number of amides is 2. The number of hydrogen-bond acceptors (Lipinski definition) is 8. The molecule has 0 unspecified atom stereocenters. The fourth-order valence-corrected chi connectivity index (χ4v) is 3.79. The highest BCUT2D eigenvalue weighted by Crippen LogP contribution is 2.32. The van der Waals surface area contributed by atoms with Gasteiger partial charge in [0.25, 0.3) is 11.8 Å². The molecule has 0 radical (unpaired) electrons. The summed E-state index contributed by atoms with van der Waals surface area (Å²) in [6.45, 7) is 0.0767. The molecule has 3 aromatic rings. The lowest BCUT2D eigenvalue weighted by Crippen LogP contribution is -2.39. The maximum Gasteiger partial charge on any atom is 0.263 e. The fraction of sp³-hybridized carbons (Fsp3) is 0.158. The molecule has 0 N–H and O–H groups in total. The number of carbonyl (C=O) groups excluding carboxylic acids is 2. The van der Waals surface area contributed by atoms with Gasteiger partial charge in [0.2, 0.25) is 11.7 Å². The van der Waals surface area contributed by atoms with Gasteiger partial charge in [-0.3, -0.25) is 14.6 Å². The molecule has 2 aliphatic rings. The van der Waals surface area contributed by atoms with Crippen LogP contribution >= 0.6 is 15.9 Å². The number of halogens is 1. The quantitative estimate of drug-likeness (QED) is 0.563. The highest BCUT2D eigenvalue weighted by Gasteiger charge is 2.55. The Balaban J connectivity index is 1.37. The molecule has 2 amide bonds. The molecule has 144 valence electrons. The van der Waals surface area contributed by atoms with Crippen molar-refractivity contribution in [3.8, 4) is 11.4 Å². The zero-order valence-corrected chi connectivity index (χ0v) is 16.4. The molecule has 10 heteroatoms. The van der Waals surface area contributed by atoms with Gasteiger partial charge in [0.05, 0.1) is 5.69 Å². The molecule has 3 heterocycles. The molecule has 2 aromatic carbocycles. The van der Waals surface area contributed by atoms with Crippen molar-refractivity contribution in [3.63, 3.8) is 0 Å². The second-order valence-electron chi connectivity index (χ2n) is 6.56. The molecule has 0 spiro atoms. The molecule has 9 nitrogen and oxygen atoms in total. The van der Waals surface area contributed by atoms with Crippen LogP contribution in [0.25, 0.3) is 11.4 Å². The first-order chi connectivity index (χ1) is 14.1. The fourth-order valence-electron chi connectivity index (χ4n) is 3.39. The third-order valence-corrected chi connectivity index (χ3v) is 5.21. The van der Waals surface area contributed by atoms with E-state index in [0.29, 0.717) is 11.5 Å². The largest absolute Gasteiger partial charge is 0.337 e. The first-order valence-electron chi connectivity index (χ1n) is 8.80. The topological polar surface area (TPSA) is 104 Å². The molecule has 0 aliphatic carbocycles. The van der Waals surface area contributed by atoms with Crippen LogP contribution < -0.4 is 4.90 Å². The van der Waals surface area contributed by atoms with E-state index in [1.165, 1.54) is 5.01 Å². The third-order valence-electron chi connectivity index (χ3n) is 4.72. The molecule has 0 saturated carbocycles. The van der Waals surface area contributed by atoms with Crippen LogP contribution in [0.2, 0.25) is 0 Å². The minimum absolute atomic E-state index is 0.0767. The summed E-state index contributed by atoms with van der Waals surface area (Å²) in [5.41, 5.74) is 1.31. The van der Waals surface area contributed by atoms with E-state index in [-0.39, 0.29) is 18.3 Å². The van der Waals surface area contributed by atoms with Gasteiger partial charge in [-0.25, -0.2) is 4.90 Å². The number of nitrogens with zero attached hydrogens (tertiary/aromatic N) is 6. The Labute approximate surface area is 173 Å². The number of aromatic nitrogens is 2. The van der Waals surface area contributed by atoms with Crippen molar-refractivity contribution in [2.75, 3.05) is 4.90 Å². The van der Waals surface area contributed by atoms with Crippen LogP contribution in [0.3, 0.4) is 0 Å². The van der Waals surface area contributed by atoms with Crippen LogP contribution in [0.5, 0.6) is 0 Å². The summed E-state index contributed by atoms with van der Waals surface area (Å²) in [5.74, 6) is -0.0626. The van der Waals surface area contributed by atoms with E-state index in [0.717, 1.165) is 14.9 Å². The minimum Gasteiger partial charge on any atom is -0.337 e. The Kier molecular flexibility index (Phi) is 4.20. The molecule has 1 fully saturated rings. The average molecular weight is 453 g/mol. The summed E-state index contributed by atoms with van der Waals surface area (Å²) < 4.78 is 6.21. The molecule has 0 bridgehead atoms. The number of imide groups is 1. The standard InChI is InChI=1S/C19H13BrN6O3/c20-12-6-4-5-11(9-12)17-21-14(29-23-17)10-25-16-15(22-24-25)18(27)26(19(16)28)13-7-2-1-3-8-13/h1-9,15-16H,10H2/t15-,16+/m0/s1. The molecule has 29 heavy (non-hydrogen) atoms. The molecule has 1 saturated heterocycles. The van der Waals surface area contributed by atoms with Gasteiger partial charge >= 0.3 is 0 Å². The van der Waals surface area contributed by atoms with Crippen LogP contribution in [0.1, 0.15) is 5.89 Å². The maximum atomic E-state index is 12.9. The lowest BCUT2D eigenvalue weighted by Gasteiger charge is -2.19. The Bertz CT molecular complexity index is 1130. The highest BCUT2D eigenvalue weighted by atomic mass is 79.9. The van der Waals surface area contributed by atoms with E-state index in [9.17, 15) is 9.59 Å². The second kappa shape index (κ2) is 6.89. The molecular formula is C19H13BrN6O3. The van der Waals surface area contributed by atoms with Crippen molar-refractivity contribution in [2.45, 2.75) is 18.6 Å². The van der Waals surface area contributed by atoms with Crippen molar-refractivity contribution in [2.24, 2.45) is 10.3 Å². The summed E-state index contributed by atoms with van der Waals surface area (Å²) in [7, 11) is 0. The van der Waals surface area contributed by atoms with Gasteiger partial charge in [-0.05, 0) is 24.3 Å². The van der Waals surface area contributed by atoms with Crippen LogP contribution in [-0.2, 0) is 16.1 Å². The zero-order valence-electron chi connectivity index (χ0n) is 14.8. The summed E-state index contributed by atoms with van der Waals surface area (Å²) in [5, 5.41) is 13.4. The van der Waals surface area contributed by atoms with E-state index in [4.69, 9.17) is 4.52 Å². The first-order valence-corrected chi connectivity index (χ1v) is 9.60. The van der Waals surface area contributed by atoms with E-state index in [1.54, 1.807) is 24.3 Å². The lowest BCUT2D eigenvalue weighted by atomic mass is 10.1. The number of carbonyl (C=O) groups is 2. The van der Waals surface area contributed by atoms with E-state index in [2.05, 4.69) is 36.4 Å². The number of para-hydroxylation sites is 1. The number of fused-ring (bicyclic) bond motifs is 1. The maximum absolute atomic E-state index is 12.9. The summed E-state index contributed by atoms with van der Waals surface area (Å²) in [4.78, 5) is 31.1. The zero-order chi connectivity index (χ0) is 20.0. The molecular weight excluding hydrogens is 440 g/mol. The summed E-state index contributed by atoms with van der Waals surface area (Å²) in [6, 6.07) is 14.6. The van der Waals surface area contributed by atoms with Crippen LogP contribution in [0, 0.1) is 0 Å². The Morgan fingerprint density at radius 3 is 2.66 bits per heavy atom. The lowest BCUT2D eigenvalue weighted by molar-refractivity contribution is -0.123. The van der Waals surface area contributed by atoms with Gasteiger partial charge in [-0.1, -0.05) is 56.6 Å². The highest BCUT2D eigenvalue weighted by molar-refractivity contribution is 9.10. The van der Waals surface area contributed by atoms with Gasteiger partial charge in [0, 0.05) is 10.0 Å². The average Bonchev–Trinajstić information content (AvgIpc) is 3.41. The smallest absolute Gasteiger partial charge is 0.263 e. The van der Waals surface area contributed by atoms with Crippen LogP contribution in [0.15, 0.2) is 73.9 Å².